The minimum Gasteiger partial charge on any atom is -0.496 e. The smallest absolute Gasteiger partial charge is 0.126 e. The molecule has 0 bridgehead atoms. The van der Waals surface area contributed by atoms with Gasteiger partial charge in [0.15, 0.2) is 0 Å². The molecule has 0 spiro atoms. The number of aliphatic hydroxyl groups is 1. The van der Waals surface area contributed by atoms with Gasteiger partial charge in [-0.05, 0) is 31.9 Å². The third kappa shape index (κ3) is 4.37. The Balaban J connectivity index is 1.88. The summed E-state index contributed by atoms with van der Waals surface area (Å²) in [6.45, 7) is 3.00. The Bertz CT molecular complexity index is 417. The number of rotatable bonds is 4. The van der Waals surface area contributed by atoms with Gasteiger partial charge >= 0.3 is 0 Å². The van der Waals surface area contributed by atoms with Gasteiger partial charge in [-0.25, -0.2) is 0 Å². The number of benzene rings is 1. The predicted octanol–water partition coefficient (Wildman–Crippen LogP) is 2.56. The number of aliphatic hydroxyl groups excluding tert-OH is 1. The van der Waals surface area contributed by atoms with Crippen molar-refractivity contribution in [2.45, 2.75) is 25.4 Å². The van der Waals surface area contributed by atoms with Crippen molar-refractivity contribution in [3.05, 3.63) is 35.9 Å². The predicted molar refractivity (Wildman–Crippen MR) is 78.3 cm³/mol. The summed E-state index contributed by atoms with van der Waals surface area (Å²) >= 11 is 0. The zero-order chi connectivity index (χ0) is 13.5. The van der Waals surface area contributed by atoms with Gasteiger partial charge in [-0.2, -0.15) is 0 Å². The molecular formula is C16H23NO2. The second-order valence-electron chi connectivity index (χ2n) is 5.03. The molecule has 1 fully saturated rings. The minimum absolute atomic E-state index is 0.108. The fourth-order valence-corrected chi connectivity index (χ4v) is 2.45. The van der Waals surface area contributed by atoms with Crippen LogP contribution in [0.4, 0.5) is 0 Å². The van der Waals surface area contributed by atoms with Crippen molar-refractivity contribution in [1.82, 2.24) is 4.90 Å². The van der Waals surface area contributed by atoms with Gasteiger partial charge in [0.2, 0.25) is 0 Å². The standard InChI is InChI=1S/C16H23NO2/c1-19-16-9-3-2-6-14(16)7-4-11-17-12-5-8-15(18)10-13-17/h2-4,6-7,9,15,18H,5,8,10-13H2,1H3. The number of methoxy groups -OCH3 is 1. The highest BCUT2D eigenvalue weighted by Gasteiger charge is 2.13. The summed E-state index contributed by atoms with van der Waals surface area (Å²) in [6.07, 6.45) is 7.09. The van der Waals surface area contributed by atoms with Gasteiger partial charge in [0.05, 0.1) is 13.2 Å². The van der Waals surface area contributed by atoms with Gasteiger partial charge in [-0.15, -0.1) is 0 Å². The van der Waals surface area contributed by atoms with Crippen LogP contribution < -0.4 is 4.74 Å². The van der Waals surface area contributed by atoms with E-state index in [1.54, 1.807) is 7.11 Å². The van der Waals surface area contributed by atoms with Crippen molar-refractivity contribution in [2.24, 2.45) is 0 Å². The molecule has 0 saturated carbocycles. The van der Waals surface area contributed by atoms with Gasteiger partial charge < -0.3 is 9.84 Å². The highest BCUT2D eigenvalue weighted by atomic mass is 16.5. The molecule has 1 aliphatic heterocycles. The first-order valence-corrected chi connectivity index (χ1v) is 6.99. The van der Waals surface area contributed by atoms with Crippen molar-refractivity contribution < 1.29 is 9.84 Å². The average molecular weight is 261 g/mol. The van der Waals surface area contributed by atoms with Crippen LogP contribution >= 0.6 is 0 Å². The lowest BCUT2D eigenvalue weighted by Gasteiger charge is -2.17. The second-order valence-corrected chi connectivity index (χ2v) is 5.03. The van der Waals surface area contributed by atoms with Crippen LogP contribution in [0, 0.1) is 0 Å². The van der Waals surface area contributed by atoms with Crippen LogP contribution in [0.15, 0.2) is 30.3 Å². The lowest BCUT2D eigenvalue weighted by molar-refractivity contribution is 0.156. The van der Waals surface area contributed by atoms with E-state index in [1.807, 2.05) is 18.2 Å². The lowest BCUT2D eigenvalue weighted by Crippen LogP contribution is -2.25. The lowest BCUT2D eigenvalue weighted by atomic mass is 10.2. The fourth-order valence-electron chi connectivity index (χ4n) is 2.45. The first kappa shape index (κ1) is 14.1. The van der Waals surface area contributed by atoms with Gasteiger partial charge in [-0.1, -0.05) is 30.4 Å². The Hall–Kier alpha value is -1.32. The molecule has 2 rings (SSSR count). The molecule has 19 heavy (non-hydrogen) atoms. The molecule has 0 aromatic heterocycles. The van der Waals surface area contributed by atoms with E-state index in [0.29, 0.717) is 0 Å². The molecule has 1 aliphatic rings. The van der Waals surface area contributed by atoms with E-state index in [2.05, 4.69) is 23.1 Å². The van der Waals surface area contributed by atoms with E-state index in [1.165, 1.54) is 0 Å². The number of nitrogens with zero attached hydrogens (tertiary/aromatic N) is 1. The highest BCUT2D eigenvalue weighted by molar-refractivity contribution is 5.57. The van der Waals surface area contributed by atoms with Crippen molar-refractivity contribution in [2.75, 3.05) is 26.7 Å². The number of para-hydroxylation sites is 1. The van der Waals surface area contributed by atoms with Gasteiger partial charge in [-0.3, -0.25) is 4.90 Å². The molecule has 0 radical (unpaired) electrons. The fraction of sp³-hybridized carbons (Fsp3) is 0.500. The maximum atomic E-state index is 9.62. The highest BCUT2D eigenvalue weighted by Crippen LogP contribution is 2.18. The summed E-state index contributed by atoms with van der Waals surface area (Å²) in [5, 5.41) is 9.62. The summed E-state index contributed by atoms with van der Waals surface area (Å²) in [5.41, 5.74) is 1.11. The molecule has 0 aliphatic carbocycles. The van der Waals surface area contributed by atoms with Crippen LogP contribution in [0.3, 0.4) is 0 Å². The van der Waals surface area contributed by atoms with E-state index in [9.17, 15) is 5.11 Å². The van der Waals surface area contributed by atoms with Crippen LogP contribution in [0.2, 0.25) is 0 Å². The van der Waals surface area contributed by atoms with E-state index in [0.717, 1.165) is 50.2 Å². The topological polar surface area (TPSA) is 32.7 Å². The Morgan fingerprint density at radius 3 is 3.00 bits per heavy atom. The van der Waals surface area contributed by atoms with Crippen LogP contribution in [-0.4, -0.2) is 42.9 Å². The number of hydrogen-bond acceptors (Lipinski definition) is 3. The summed E-state index contributed by atoms with van der Waals surface area (Å²) < 4.78 is 5.32. The molecule has 1 aromatic carbocycles. The monoisotopic (exact) mass is 261 g/mol. The van der Waals surface area contributed by atoms with Gasteiger partial charge in [0, 0.05) is 18.7 Å². The van der Waals surface area contributed by atoms with E-state index >= 15 is 0 Å². The summed E-state index contributed by atoms with van der Waals surface area (Å²) in [7, 11) is 1.70. The van der Waals surface area contributed by atoms with E-state index in [-0.39, 0.29) is 6.10 Å². The van der Waals surface area contributed by atoms with Gasteiger partial charge in [0.25, 0.3) is 0 Å². The van der Waals surface area contributed by atoms with E-state index in [4.69, 9.17) is 4.74 Å². The first-order chi connectivity index (χ1) is 9.29. The van der Waals surface area contributed by atoms with Gasteiger partial charge in [0.1, 0.15) is 5.75 Å². The van der Waals surface area contributed by atoms with Crippen molar-refractivity contribution in [3.8, 4) is 5.75 Å². The number of likely N-dealkylation sites (tertiary alicyclic amines) is 1. The quantitative estimate of drug-likeness (QED) is 0.904. The summed E-state index contributed by atoms with van der Waals surface area (Å²) in [6, 6.07) is 8.03. The molecule has 1 unspecified atom stereocenters. The Kier molecular flexibility index (Phi) is 5.43. The Labute approximate surface area is 115 Å². The zero-order valence-electron chi connectivity index (χ0n) is 11.6. The molecule has 1 heterocycles. The number of ether oxygens (including phenoxy) is 1. The molecular weight excluding hydrogens is 238 g/mol. The minimum atomic E-state index is -0.108. The van der Waals surface area contributed by atoms with Crippen molar-refractivity contribution >= 4 is 6.08 Å². The zero-order valence-corrected chi connectivity index (χ0v) is 11.6. The molecule has 1 N–H and O–H groups in total. The molecule has 104 valence electrons. The molecule has 1 saturated heterocycles. The summed E-state index contributed by atoms with van der Waals surface area (Å²) in [4.78, 5) is 2.39. The molecule has 1 aromatic rings. The Morgan fingerprint density at radius 1 is 1.32 bits per heavy atom. The molecule has 1 atom stereocenters. The van der Waals surface area contributed by atoms with Crippen LogP contribution in [0.1, 0.15) is 24.8 Å². The average Bonchev–Trinajstić information content (AvgIpc) is 2.64. The third-order valence-corrected chi connectivity index (χ3v) is 3.59. The maximum absolute atomic E-state index is 9.62. The molecule has 0 amide bonds. The third-order valence-electron chi connectivity index (χ3n) is 3.59. The van der Waals surface area contributed by atoms with Crippen LogP contribution in [0.5, 0.6) is 5.75 Å². The summed E-state index contributed by atoms with van der Waals surface area (Å²) in [5.74, 6) is 0.907. The van der Waals surface area contributed by atoms with Crippen molar-refractivity contribution in [1.29, 1.82) is 0 Å². The normalized spacial score (nSPS) is 21.5. The van der Waals surface area contributed by atoms with E-state index < -0.39 is 0 Å². The maximum Gasteiger partial charge on any atom is 0.126 e. The molecule has 3 heteroatoms. The Morgan fingerprint density at radius 2 is 2.16 bits per heavy atom. The first-order valence-electron chi connectivity index (χ1n) is 6.99. The van der Waals surface area contributed by atoms with Crippen LogP contribution in [0.25, 0.3) is 6.08 Å². The second kappa shape index (κ2) is 7.31. The van der Waals surface area contributed by atoms with Crippen LogP contribution in [-0.2, 0) is 0 Å². The molecule has 3 nitrogen and oxygen atoms in total. The SMILES string of the molecule is COc1ccccc1C=CCN1CCCC(O)CC1. The van der Waals surface area contributed by atoms with Crippen molar-refractivity contribution in [3.63, 3.8) is 0 Å². The number of hydrogen-bond donors (Lipinski definition) is 1. The largest absolute Gasteiger partial charge is 0.496 e.